The van der Waals surface area contributed by atoms with Gasteiger partial charge in [-0.15, -0.1) is 13.2 Å². The van der Waals surface area contributed by atoms with E-state index in [1.807, 2.05) is 0 Å². The number of anilines is 3. The normalized spacial score (nSPS) is 23.9. The number of aromatic hydroxyl groups is 1. The van der Waals surface area contributed by atoms with Crippen LogP contribution in [0.15, 0.2) is 84.4 Å². The largest absolute Gasteiger partial charge is 0.573 e. The summed E-state index contributed by atoms with van der Waals surface area (Å²) in [6.07, 6.45) is -4.24. The molecule has 2 aliphatic heterocycles. The number of carbonyl (C=O) groups excluding carboxylic acids is 4. The van der Waals surface area contributed by atoms with E-state index < -0.39 is 109 Å². The molecule has 64 heavy (non-hydrogen) atoms. The Labute approximate surface area is 369 Å². The minimum atomic E-state index is -5.20. The highest BCUT2D eigenvalue weighted by molar-refractivity contribution is 6.36. The lowest BCUT2D eigenvalue weighted by Crippen LogP contribution is -2.53. The summed E-state index contributed by atoms with van der Waals surface area (Å²) in [6, 6.07) is 14.6. The van der Waals surface area contributed by atoms with Crippen molar-refractivity contribution in [3.8, 4) is 17.2 Å². The van der Waals surface area contributed by atoms with Gasteiger partial charge in [0.2, 0.25) is 11.8 Å². The second kappa shape index (κ2) is 15.7. The molecule has 332 valence electrons. The number of nitro benzene ring substituents is 2. The van der Waals surface area contributed by atoms with Crippen molar-refractivity contribution in [2.45, 2.75) is 30.5 Å². The summed E-state index contributed by atoms with van der Waals surface area (Å²) in [5.41, 5.74) is -1.63. The van der Waals surface area contributed by atoms with Crippen LogP contribution in [-0.2, 0) is 24.6 Å². The fraction of sp³-hybridized carbons (Fsp3) is 0.286. The van der Waals surface area contributed by atoms with Crippen LogP contribution in [-0.4, -0.2) is 71.2 Å². The summed E-state index contributed by atoms with van der Waals surface area (Å²) in [5, 5.41) is 37.1. The first-order valence-electron chi connectivity index (χ1n) is 19.2. The summed E-state index contributed by atoms with van der Waals surface area (Å²) < 4.78 is 50.9. The number of ether oxygens (including phenoxy) is 2. The number of hydrogen-bond donors (Lipinski definition) is 2. The van der Waals surface area contributed by atoms with Gasteiger partial charge in [0.1, 0.15) is 17.2 Å². The molecule has 0 radical (unpaired) electrons. The summed E-state index contributed by atoms with van der Waals surface area (Å²) >= 11 is 12.6. The average Bonchev–Trinajstić information content (AvgIpc) is 3.61. The number of halogens is 5. The van der Waals surface area contributed by atoms with Gasteiger partial charge in [-0.1, -0.05) is 47.0 Å². The van der Waals surface area contributed by atoms with Gasteiger partial charge < -0.3 is 19.5 Å². The SMILES string of the molecule is COc1ccc([C@@]23C(=O)N(Nc4ccc(Cl)cc4Cl)C(=O)[C@@H]2C[C@@H]2C(=CC[C@@H]4C(=O)N(c5cc([N+](=O)[O-])c(N(C)C)c([N+](=O)[O-])c5)C(=O)[C@@H]42)[C@@H]3c2cc(OC(F)(F)F)ccc2O)cc1. The van der Waals surface area contributed by atoms with Crippen LogP contribution in [0.4, 0.5) is 41.6 Å². The molecule has 4 aliphatic rings. The molecule has 4 aromatic rings. The van der Waals surface area contributed by atoms with Gasteiger partial charge in [-0.2, -0.15) is 5.01 Å². The highest BCUT2D eigenvalue weighted by Crippen LogP contribution is 2.65. The molecule has 1 saturated carbocycles. The van der Waals surface area contributed by atoms with Crippen LogP contribution in [0.3, 0.4) is 0 Å². The van der Waals surface area contributed by atoms with E-state index in [1.165, 1.54) is 69.7 Å². The second-order valence-electron chi connectivity index (χ2n) is 15.7. The molecule has 4 aromatic carbocycles. The molecule has 2 N–H and O–H groups in total. The van der Waals surface area contributed by atoms with Gasteiger partial charge in [-0.3, -0.25) is 44.8 Å². The number of nitro groups is 2. The number of phenols is 1. The van der Waals surface area contributed by atoms with E-state index in [9.17, 15) is 48.1 Å². The Kier molecular flexibility index (Phi) is 10.7. The molecule has 4 amide bonds. The third-order valence-corrected chi connectivity index (χ3v) is 12.8. The quantitative estimate of drug-likeness (QED) is 0.0677. The maximum atomic E-state index is 15.5. The molecule has 2 aliphatic carbocycles. The molecule has 0 unspecified atom stereocenters. The van der Waals surface area contributed by atoms with E-state index in [-0.39, 0.29) is 45.3 Å². The van der Waals surface area contributed by atoms with Crippen molar-refractivity contribution < 1.29 is 56.8 Å². The number of hydrogen-bond acceptors (Lipinski definition) is 13. The van der Waals surface area contributed by atoms with E-state index in [0.29, 0.717) is 15.7 Å². The molecule has 0 spiro atoms. The highest BCUT2D eigenvalue weighted by Gasteiger charge is 2.71. The lowest BCUT2D eigenvalue weighted by atomic mass is 9.49. The van der Waals surface area contributed by atoms with Crippen molar-refractivity contribution in [3.63, 3.8) is 0 Å². The second-order valence-corrected chi connectivity index (χ2v) is 16.6. The van der Waals surface area contributed by atoms with E-state index >= 15 is 9.59 Å². The van der Waals surface area contributed by atoms with Crippen LogP contribution in [0.5, 0.6) is 17.2 Å². The van der Waals surface area contributed by atoms with Crippen molar-refractivity contribution in [2.24, 2.45) is 23.7 Å². The lowest BCUT2D eigenvalue weighted by Gasteiger charge is -2.50. The lowest BCUT2D eigenvalue weighted by molar-refractivity contribution is -0.392. The number of allylic oxidation sites excluding steroid dienone is 2. The zero-order valence-electron chi connectivity index (χ0n) is 33.5. The Bertz CT molecular complexity index is 2700. The van der Waals surface area contributed by atoms with Gasteiger partial charge in [0.15, 0.2) is 5.69 Å². The number of benzene rings is 4. The van der Waals surface area contributed by atoms with Gasteiger partial charge in [-0.05, 0) is 72.9 Å². The monoisotopic (exact) mass is 924 g/mol. The third kappa shape index (κ3) is 6.87. The number of carbonyl (C=O) groups is 4. The molecular formula is C42H33Cl2F3N6O11. The van der Waals surface area contributed by atoms with Crippen LogP contribution in [0, 0.1) is 43.9 Å². The number of phenolic OH excluding ortho intramolecular Hbond substituents is 1. The Morgan fingerprint density at radius 3 is 2.09 bits per heavy atom. The number of nitrogens with one attached hydrogen (secondary N) is 1. The van der Waals surface area contributed by atoms with Gasteiger partial charge >= 0.3 is 17.7 Å². The molecule has 6 atom stereocenters. The average molecular weight is 926 g/mol. The number of methoxy groups -OCH3 is 1. The van der Waals surface area contributed by atoms with Crippen molar-refractivity contribution in [1.82, 2.24) is 5.01 Å². The summed E-state index contributed by atoms with van der Waals surface area (Å²) in [5.74, 6) is -11.5. The molecule has 22 heteroatoms. The molecule has 2 heterocycles. The number of amides is 4. The van der Waals surface area contributed by atoms with Crippen LogP contribution in [0.1, 0.15) is 29.9 Å². The highest BCUT2D eigenvalue weighted by atomic mass is 35.5. The molecule has 17 nitrogen and oxygen atoms in total. The van der Waals surface area contributed by atoms with Crippen molar-refractivity contribution >= 4 is 75.3 Å². The summed E-state index contributed by atoms with van der Waals surface area (Å²) in [7, 11) is 4.07. The van der Waals surface area contributed by atoms with Crippen molar-refractivity contribution in [1.29, 1.82) is 0 Å². The topological polar surface area (TPSA) is 215 Å². The summed E-state index contributed by atoms with van der Waals surface area (Å²) in [4.78, 5) is 84.3. The van der Waals surface area contributed by atoms with E-state index in [1.54, 1.807) is 0 Å². The maximum absolute atomic E-state index is 15.5. The number of hydrazine groups is 1. The Hall–Kier alpha value is -6.93. The number of imide groups is 2. The Balaban J connectivity index is 1.35. The molecule has 3 fully saturated rings. The smallest absolute Gasteiger partial charge is 0.508 e. The van der Waals surface area contributed by atoms with Crippen LogP contribution in [0.2, 0.25) is 10.0 Å². The molecule has 0 aromatic heterocycles. The third-order valence-electron chi connectivity index (χ3n) is 12.3. The minimum absolute atomic E-state index is 0.00104. The molecule has 8 rings (SSSR count). The summed E-state index contributed by atoms with van der Waals surface area (Å²) in [6.45, 7) is 0. The standard InChI is InChI=1S/C42H33Cl2F3N6O11/c1-49(2)36-31(52(59)60)15-21(16-32(36)53(61)62)50-37(55)25-11-10-24-26(34(25)39(50)57)18-28-38(56)51(48-30-12-6-20(43)14-29(30)44)40(58)41(28,19-4-7-22(63-3)8-5-19)35(24)27-17-23(9-13-33(27)54)64-42(45,46)47/h4-10,12-17,25-26,28,34-35,48,54H,11,18H2,1-3H3/t25-,26+,28-,34-,35+,41+/m0/s1. The number of fused-ring (bicyclic) bond motifs is 4. The first kappa shape index (κ1) is 43.7. The Morgan fingerprint density at radius 2 is 1.52 bits per heavy atom. The zero-order valence-corrected chi connectivity index (χ0v) is 35.0. The number of rotatable bonds is 10. The van der Waals surface area contributed by atoms with Gasteiger partial charge in [-0.25, -0.2) is 4.90 Å². The molecular weight excluding hydrogens is 892 g/mol. The van der Waals surface area contributed by atoms with Gasteiger partial charge in [0.05, 0.1) is 56.5 Å². The number of nitrogens with zero attached hydrogens (tertiary/aromatic N) is 5. The molecule has 2 saturated heterocycles. The van der Waals surface area contributed by atoms with Crippen LogP contribution >= 0.6 is 23.2 Å². The zero-order chi connectivity index (χ0) is 46.3. The first-order valence-corrected chi connectivity index (χ1v) is 20.0. The van der Waals surface area contributed by atoms with Crippen LogP contribution in [0.25, 0.3) is 0 Å². The fourth-order valence-electron chi connectivity index (χ4n) is 9.86. The number of alkyl halides is 3. The maximum Gasteiger partial charge on any atom is 0.573 e. The van der Waals surface area contributed by atoms with E-state index in [4.69, 9.17) is 27.9 Å². The van der Waals surface area contributed by atoms with Crippen LogP contribution < -0.4 is 24.7 Å². The van der Waals surface area contributed by atoms with Gasteiger partial charge in [0.25, 0.3) is 11.8 Å². The first-order chi connectivity index (χ1) is 30.2. The molecule has 0 bridgehead atoms. The predicted octanol–water partition coefficient (Wildman–Crippen LogP) is 7.68. The Morgan fingerprint density at radius 1 is 0.875 bits per heavy atom. The minimum Gasteiger partial charge on any atom is -0.508 e. The van der Waals surface area contributed by atoms with E-state index in [2.05, 4.69) is 10.2 Å². The van der Waals surface area contributed by atoms with Crippen molar-refractivity contribution in [3.05, 3.63) is 126 Å². The van der Waals surface area contributed by atoms with E-state index in [0.717, 1.165) is 35.2 Å². The fourth-order valence-corrected chi connectivity index (χ4v) is 10.3. The predicted molar refractivity (Wildman–Crippen MR) is 222 cm³/mol. The van der Waals surface area contributed by atoms with Crippen molar-refractivity contribution in [2.75, 3.05) is 36.4 Å². The van der Waals surface area contributed by atoms with Gasteiger partial charge in [0, 0.05) is 42.7 Å².